The number of benzene rings is 1. The molecule has 0 N–H and O–H groups in total. The predicted molar refractivity (Wildman–Crippen MR) is 120 cm³/mol. The van der Waals surface area contributed by atoms with E-state index in [1.165, 1.54) is 10.4 Å². The van der Waals surface area contributed by atoms with Gasteiger partial charge in [-0.25, -0.2) is 4.99 Å². The van der Waals surface area contributed by atoms with Crippen LogP contribution >= 0.6 is 11.3 Å². The average Bonchev–Trinajstić information content (AvgIpc) is 3.04. The highest BCUT2D eigenvalue weighted by Crippen LogP contribution is 2.44. The van der Waals surface area contributed by atoms with Gasteiger partial charge in [0.05, 0.1) is 18.8 Å². The van der Waals surface area contributed by atoms with E-state index in [0.717, 1.165) is 46.9 Å². The van der Waals surface area contributed by atoms with Gasteiger partial charge in [-0.15, -0.1) is 11.3 Å². The Kier molecular flexibility index (Phi) is 6.64. The van der Waals surface area contributed by atoms with E-state index in [0.29, 0.717) is 19.1 Å². The summed E-state index contributed by atoms with van der Waals surface area (Å²) < 4.78 is 11.3. The molecule has 0 bridgehead atoms. The monoisotopic (exact) mass is 410 g/mol. The first-order valence-electron chi connectivity index (χ1n) is 10.4. The minimum absolute atomic E-state index is 0.288. The number of thiophene rings is 1. The van der Waals surface area contributed by atoms with Gasteiger partial charge in [-0.05, 0) is 73.8 Å². The molecule has 5 heteroatoms. The zero-order valence-electron chi connectivity index (χ0n) is 18.0. The fraction of sp³-hybridized carbons (Fsp3) is 0.500. The van der Waals surface area contributed by atoms with Crippen LogP contribution in [0, 0.1) is 22.7 Å². The Hall–Kier alpha value is -2.32. The van der Waals surface area contributed by atoms with Gasteiger partial charge in [0.1, 0.15) is 11.1 Å². The lowest BCUT2D eigenvalue weighted by atomic mass is 9.72. The third kappa shape index (κ3) is 4.82. The van der Waals surface area contributed by atoms with Gasteiger partial charge < -0.3 is 9.47 Å². The fourth-order valence-corrected chi connectivity index (χ4v) is 5.02. The van der Waals surface area contributed by atoms with Gasteiger partial charge >= 0.3 is 0 Å². The van der Waals surface area contributed by atoms with Crippen LogP contribution in [0.5, 0.6) is 11.5 Å². The third-order valence-corrected chi connectivity index (χ3v) is 6.64. The predicted octanol–water partition coefficient (Wildman–Crippen LogP) is 6.32. The Morgan fingerprint density at radius 2 is 1.93 bits per heavy atom. The molecule has 0 fully saturated rings. The molecule has 1 atom stereocenters. The second-order valence-corrected chi connectivity index (χ2v) is 9.52. The Morgan fingerprint density at radius 1 is 1.21 bits per heavy atom. The number of ether oxygens (including phenoxy) is 2. The van der Waals surface area contributed by atoms with Gasteiger partial charge in [-0.3, -0.25) is 0 Å². The van der Waals surface area contributed by atoms with Crippen LogP contribution in [-0.2, 0) is 12.8 Å². The molecule has 1 aliphatic rings. The Balaban J connectivity index is 1.87. The lowest BCUT2D eigenvalue weighted by Crippen LogP contribution is -2.26. The van der Waals surface area contributed by atoms with Crippen LogP contribution in [0.2, 0.25) is 0 Å². The zero-order chi connectivity index (χ0) is 21.0. The summed E-state index contributed by atoms with van der Waals surface area (Å²) >= 11 is 1.68. The van der Waals surface area contributed by atoms with Crippen molar-refractivity contribution in [3.8, 4) is 17.6 Å². The molecule has 0 unspecified atom stereocenters. The SMILES string of the molecule is CCOc1ccc(C=Nc2sc3c(c2C#N)CC[C@H](C(C)(C)C)C3)cc1OCC. The first-order chi connectivity index (χ1) is 13.9. The molecule has 0 aliphatic heterocycles. The topological polar surface area (TPSA) is 54.6 Å². The molecule has 3 rings (SSSR count). The van der Waals surface area contributed by atoms with E-state index in [9.17, 15) is 5.26 Å². The van der Waals surface area contributed by atoms with Crippen molar-refractivity contribution in [3.05, 3.63) is 39.8 Å². The fourth-order valence-electron chi connectivity index (χ4n) is 3.80. The third-order valence-electron chi connectivity index (χ3n) is 5.48. The van der Waals surface area contributed by atoms with Gasteiger partial charge in [-0.2, -0.15) is 5.26 Å². The molecule has 154 valence electrons. The number of hydrogen-bond acceptors (Lipinski definition) is 5. The van der Waals surface area contributed by atoms with Crippen LogP contribution in [-0.4, -0.2) is 19.4 Å². The first-order valence-corrected chi connectivity index (χ1v) is 11.2. The van der Waals surface area contributed by atoms with Crippen LogP contribution in [0.3, 0.4) is 0 Å². The van der Waals surface area contributed by atoms with E-state index in [2.05, 4.69) is 26.8 Å². The molecular formula is C24H30N2O2S. The number of aliphatic imine (C=N–C) groups is 1. The Labute approximate surface area is 178 Å². The summed E-state index contributed by atoms with van der Waals surface area (Å²) in [5, 5.41) is 10.6. The van der Waals surface area contributed by atoms with E-state index >= 15 is 0 Å². The molecule has 0 amide bonds. The van der Waals surface area contributed by atoms with Crippen LogP contribution < -0.4 is 9.47 Å². The highest BCUT2D eigenvalue weighted by Gasteiger charge is 2.32. The lowest BCUT2D eigenvalue weighted by Gasteiger charge is -2.33. The maximum atomic E-state index is 9.74. The Bertz CT molecular complexity index is 932. The number of rotatable bonds is 6. The van der Waals surface area contributed by atoms with E-state index in [-0.39, 0.29) is 5.41 Å². The van der Waals surface area contributed by atoms with Crippen molar-refractivity contribution in [2.45, 2.75) is 53.9 Å². The van der Waals surface area contributed by atoms with Crippen molar-refractivity contribution in [1.29, 1.82) is 5.26 Å². The van der Waals surface area contributed by atoms with Gasteiger partial charge in [-0.1, -0.05) is 20.8 Å². The number of fused-ring (bicyclic) bond motifs is 1. The molecule has 1 aromatic carbocycles. The van der Waals surface area contributed by atoms with Crippen LogP contribution in [0.4, 0.5) is 5.00 Å². The largest absolute Gasteiger partial charge is 0.490 e. The maximum Gasteiger partial charge on any atom is 0.161 e. The molecule has 0 saturated heterocycles. The minimum atomic E-state index is 0.288. The molecular weight excluding hydrogens is 380 g/mol. The molecule has 1 heterocycles. The molecule has 0 saturated carbocycles. The summed E-state index contributed by atoms with van der Waals surface area (Å²) in [5.41, 5.74) is 3.19. The molecule has 29 heavy (non-hydrogen) atoms. The number of nitrogens with zero attached hydrogens (tertiary/aromatic N) is 2. The van der Waals surface area contributed by atoms with Gasteiger partial charge in [0.15, 0.2) is 11.5 Å². The standard InChI is InChI=1S/C24H30N2O2S/c1-6-27-20-11-8-16(12-21(20)28-7-2)15-26-23-19(14-25)18-10-9-17(24(3,4)5)13-22(18)29-23/h8,11-12,15,17H,6-7,9-10,13H2,1-5H3/t17-/m0/s1. The van der Waals surface area contributed by atoms with Gasteiger partial charge in [0, 0.05) is 11.1 Å². The van der Waals surface area contributed by atoms with E-state index in [1.807, 2.05) is 38.3 Å². The average molecular weight is 411 g/mol. The zero-order valence-corrected chi connectivity index (χ0v) is 18.9. The summed E-state index contributed by atoms with van der Waals surface area (Å²) in [6.45, 7) is 12.0. The van der Waals surface area contributed by atoms with Crippen molar-refractivity contribution in [2.24, 2.45) is 16.3 Å². The van der Waals surface area contributed by atoms with Crippen molar-refractivity contribution < 1.29 is 9.47 Å². The van der Waals surface area contributed by atoms with Crippen molar-refractivity contribution in [1.82, 2.24) is 0 Å². The van der Waals surface area contributed by atoms with Crippen molar-refractivity contribution in [3.63, 3.8) is 0 Å². The maximum absolute atomic E-state index is 9.74. The van der Waals surface area contributed by atoms with Crippen LogP contribution in [0.25, 0.3) is 0 Å². The highest BCUT2D eigenvalue weighted by atomic mass is 32.1. The van der Waals surface area contributed by atoms with Gasteiger partial charge in [0.25, 0.3) is 0 Å². The molecule has 2 aromatic rings. The number of hydrogen-bond donors (Lipinski definition) is 0. The summed E-state index contributed by atoms with van der Waals surface area (Å²) in [4.78, 5) is 6.03. The summed E-state index contributed by atoms with van der Waals surface area (Å²) in [5.74, 6) is 2.11. The molecule has 0 radical (unpaired) electrons. The molecule has 1 aliphatic carbocycles. The molecule has 0 spiro atoms. The smallest absolute Gasteiger partial charge is 0.161 e. The van der Waals surface area contributed by atoms with E-state index in [1.54, 1.807) is 11.3 Å². The van der Waals surface area contributed by atoms with E-state index < -0.39 is 0 Å². The summed E-state index contributed by atoms with van der Waals surface area (Å²) in [7, 11) is 0. The second kappa shape index (κ2) is 9.00. The quantitative estimate of drug-likeness (QED) is 0.524. The van der Waals surface area contributed by atoms with E-state index in [4.69, 9.17) is 14.5 Å². The second-order valence-electron chi connectivity index (χ2n) is 8.43. The van der Waals surface area contributed by atoms with Crippen molar-refractivity contribution >= 4 is 22.6 Å². The van der Waals surface area contributed by atoms with Crippen LogP contribution in [0.1, 0.15) is 62.6 Å². The minimum Gasteiger partial charge on any atom is -0.490 e. The molecule has 1 aromatic heterocycles. The Morgan fingerprint density at radius 3 is 2.59 bits per heavy atom. The lowest BCUT2D eigenvalue weighted by molar-refractivity contribution is 0.218. The first kappa shape index (κ1) is 21.4. The number of nitriles is 1. The highest BCUT2D eigenvalue weighted by molar-refractivity contribution is 7.16. The summed E-state index contributed by atoms with van der Waals surface area (Å²) in [6, 6.07) is 8.22. The van der Waals surface area contributed by atoms with Gasteiger partial charge in [0.2, 0.25) is 0 Å². The normalized spacial score (nSPS) is 16.5. The summed E-state index contributed by atoms with van der Waals surface area (Å²) in [6.07, 6.45) is 4.98. The molecule has 4 nitrogen and oxygen atoms in total. The van der Waals surface area contributed by atoms with Crippen LogP contribution in [0.15, 0.2) is 23.2 Å². The van der Waals surface area contributed by atoms with Crippen molar-refractivity contribution in [2.75, 3.05) is 13.2 Å².